The van der Waals surface area contributed by atoms with E-state index in [4.69, 9.17) is 0 Å². The van der Waals surface area contributed by atoms with Gasteiger partial charge in [-0.15, -0.1) is 0 Å². The highest BCUT2D eigenvalue weighted by Gasteiger charge is 2.32. The average Bonchev–Trinajstić information content (AvgIpc) is 3.10. The molecule has 256 valence electrons. The van der Waals surface area contributed by atoms with Gasteiger partial charge in [0, 0.05) is 11.1 Å². The lowest BCUT2D eigenvalue weighted by molar-refractivity contribution is 0.155. The maximum Gasteiger partial charge on any atom is 0.166 e. The van der Waals surface area contributed by atoms with Crippen LogP contribution in [0.25, 0.3) is 22.3 Å². The van der Waals surface area contributed by atoms with E-state index in [9.17, 15) is 4.39 Å². The molecule has 0 amide bonds. The van der Waals surface area contributed by atoms with E-state index in [0.29, 0.717) is 28.7 Å². The summed E-state index contributed by atoms with van der Waals surface area (Å²) in [5.41, 5.74) is 2.30. The molecule has 5 rings (SSSR count). The Labute approximate surface area is 281 Å². The molecule has 0 radical (unpaired) electrons. The first kappa shape index (κ1) is 35.7. The van der Waals surface area contributed by atoms with Crippen LogP contribution < -0.4 is 0 Å². The normalized spacial score (nSPS) is 21.7. The number of benzene rings is 3. The van der Waals surface area contributed by atoms with Crippen molar-refractivity contribution in [2.75, 3.05) is 0 Å². The fourth-order valence-electron chi connectivity index (χ4n) is 8.57. The van der Waals surface area contributed by atoms with Gasteiger partial charge in [0.05, 0.1) is 0 Å². The van der Waals surface area contributed by atoms with Gasteiger partial charge in [-0.05, 0) is 97.3 Å². The standard InChI is InChI=1S/C43H56F4/c1-3-5-7-9-10-12-30-14-16-31(17-15-30)32-18-20-33(21-19-32)38-28-29-39(43(47)42(38)46)35-24-22-34(23-25-35)37-27-26-36(40(44)41(37)45)13-11-8-6-4-2/h22-33H,3-21H2,1-2H3. The van der Waals surface area contributed by atoms with Crippen LogP contribution >= 0.6 is 0 Å². The molecule has 2 aliphatic carbocycles. The molecule has 0 spiro atoms. The van der Waals surface area contributed by atoms with Gasteiger partial charge in [0.25, 0.3) is 0 Å². The zero-order valence-corrected chi connectivity index (χ0v) is 28.9. The Kier molecular flexibility index (Phi) is 13.4. The lowest BCUT2D eigenvalue weighted by Crippen LogP contribution is -2.25. The van der Waals surface area contributed by atoms with Crippen molar-refractivity contribution in [2.24, 2.45) is 17.8 Å². The zero-order valence-electron chi connectivity index (χ0n) is 28.9. The molecule has 4 heteroatoms. The van der Waals surface area contributed by atoms with Gasteiger partial charge in [0.1, 0.15) is 0 Å². The van der Waals surface area contributed by atoms with E-state index in [2.05, 4.69) is 13.8 Å². The largest absolute Gasteiger partial charge is 0.203 e. The summed E-state index contributed by atoms with van der Waals surface area (Å²) in [5, 5.41) is 0. The first-order valence-electron chi connectivity index (χ1n) is 19.0. The predicted octanol–water partition coefficient (Wildman–Crippen LogP) is 14.1. The van der Waals surface area contributed by atoms with Crippen LogP contribution in [0.2, 0.25) is 0 Å². The summed E-state index contributed by atoms with van der Waals surface area (Å²) >= 11 is 0. The third-order valence-corrected chi connectivity index (χ3v) is 11.6. The highest BCUT2D eigenvalue weighted by Crippen LogP contribution is 2.45. The number of hydrogen-bond acceptors (Lipinski definition) is 0. The van der Waals surface area contributed by atoms with Gasteiger partial charge in [-0.1, -0.05) is 133 Å². The van der Waals surface area contributed by atoms with E-state index in [1.807, 2.05) is 0 Å². The van der Waals surface area contributed by atoms with Gasteiger partial charge >= 0.3 is 0 Å². The van der Waals surface area contributed by atoms with Gasteiger partial charge in [-0.25, -0.2) is 17.6 Å². The molecule has 0 atom stereocenters. The van der Waals surface area contributed by atoms with Crippen molar-refractivity contribution in [3.63, 3.8) is 0 Å². The van der Waals surface area contributed by atoms with Crippen LogP contribution in [-0.4, -0.2) is 0 Å². The number of unbranched alkanes of at least 4 members (excludes halogenated alkanes) is 7. The van der Waals surface area contributed by atoms with Crippen LogP contribution in [0.15, 0.2) is 48.5 Å². The molecule has 0 unspecified atom stereocenters. The Morgan fingerprint density at radius 1 is 0.489 bits per heavy atom. The topological polar surface area (TPSA) is 0 Å². The summed E-state index contributed by atoms with van der Waals surface area (Å²) in [6.45, 7) is 4.39. The monoisotopic (exact) mass is 648 g/mol. The Bertz CT molecular complexity index is 1390. The van der Waals surface area contributed by atoms with Crippen molar-refractivity contribution in [3.05, 3.63) is 82.9 Å². The molecular weight excluding hydrogens is 592 g/mol. The molecule has 0 aliphatic heterocycles. The second kappa shape index (κ2) is 17.7. The molecule has 0 bridgehead atoms. The van der Waals surface area contributed by atoms with Gasteiger partial charge < -0.3 is 0 Å². The summed E-state index contributed by atoms with van der Waals surface area (Å²) in [7, 11) is 0. The molecule has 3 aromatic rings. The summed E-state index contributed by atoms with van der Waals surface area (Å²) in [4.78, 5) is 0. The quantitative estimate of drug-likeness (QED) is 0.114. The highest BCUT2D eigenvalue weighted by molar-refractivity contribution is 5.71. The maximum atomic E-state index is 15.5. The lowest BCUT2D eigenvalue weighted by Gasteiger charge is -2.38. The molecule has 0 nitrogen and oxygen atoms in total. The second-order valence-corrected chi connectivity index (χ2v) is 14.7. The van der Waals surface area contributed by atoms with Crippen LogP contribution in [-0.2, 0) is 6.42 Å². The van der Waals surface area contributed by atoms with Crippen molar-refractivity contribution in [1.29, 1.82) is 0 Å². The van der Waals surface area contributed by atoms with E-state index >= 15 is 13.2 Å². The van der Waals surface area contributed by atoms with Crippen LogP contribution in [0.1, 0.15) is 146 Å². The minimum atomic E-state index is -0.858. The van der Waals surface area contributed by atoms with Crippen molar-refractivity contribution in [1.82, 2.24) is 0 Å². The molecule has 2 aliphatic rings. The Morgan fingerprint density at radius 3 is 1.60 bits per heavy atom. The van der Waals surface area contributed by atoms with Crippen molar-refractivity contribution in [3.8, 4) is 22.3 Å². The molecule has 0 heterocycles. The smallest absolute Gasteiger partial charge is 0.166 e. The zero-order chi connectivity index (χ0) is 33.2. The van der Waals surface area contributed by atoms with Gasteiger partial charge in [0.15, 0.2) is 23.3 Å². The number of rotatable bonds is 15. The Morgan fingerprint density at radius 2 is 1.00 bits per heavy atom. The van der Waals surface area contributed by atoms with E-state index in [1.54, 1.807) is 48.5 Å². The number of hydrogen-bond donors (Lipinski definition) is 0. The van der Waals surface area contributed by atoms with Gasteiger partial charge in [-0.3, -0.25) is 0 Å². The first-order chi connectivity index (χ1) is 22.9. The van der Waals surface area contributed by atoms with E-state index in [1.165, 1.54) is 64.2 Å². The Hall–Kier alpha value is -2.62. The van der Waals surface area contributed by atoms with Gasteiger partial charge in [0.2, 0.25) is 0 Å². The summed E-state index contributed by atoms with van der Waals surface area (Å²) in [6.07, 6.45) is 22.3. The molecule has 2 fully saturated rings. The molecule has 0 aromatic heterocycles. The summed E-state index contributed by atoms with van der Waals surface area (Å²) in [5.74, 6) is -0.715. The number of aryl methyl sites for hydroxylation is 1. The third-order valence-electron chi connectivity index (χ3n) is 11.6. The molecule has 0 N–H and O–H groups in total. The van der Waals surface area contributed by atoms with Crippen molar-refractivity contribution in [2.45, 2.75) is 142 Å². The lowest BCUT2D eigenvalue weighted by atomic mass is 9.68. The maximum absolute atomic E-state index is 15.5. The summed E-state index contributed by atoms with van der Waals surface area (Å²) in [6, 6.07) is 13.4. The number of halogens is 4. The van der Waals surface area contributed by atoms with Crippen LogP contribution in [0.4, 0.5) is 17.6 Å². The molecule has 0 saturated heterocycles. The molecular formula is C43H56F4. The molecule has 47 heavy (non-hydrogen) atoms. The van der Waals surface area contributed by atoms with Crippen LogP contribution in [0.3, 0.4) is 0 Å². The fraction of sp³-hybridized carbons (Fsp3) is 0.581. The van der Waals surface area contributed by atoms with Crippen LogP contribution in [0, 0.1) is 41.0 Å². The fourth-order valence-corrected chi connectivity index (χ4v) is 8.57. The molecule has 2 saturated carbocycles. The van der Waals surface area contributed by atoms with Crippen molar-refractivity contribution >= 4 is 0 Å². The van der Waals surface area contributed by atoms with Crippen LogP contribution in [0.5, 0.6) is 0 Å². The Balaban J connectivity index is 1.15. The minimum absolute atomic E-state index is 0.0594. The van der Waals surface area contributed by atoms with Gasteiger partial charge in [-0.2, -0.15) is 0 Å². The average molecular weight is 649 g/mol. The van der Waals surface area contributed by atoms with E-state index < -0.39 is 23.3 Å². The SMILES string of the molecule is CCCCCCCC1CCC(C2CCC(c3ccc(-c4ccc(-c5ccc(CCCCCC)c(F)c5F)cc4)c(F)c3F)CC2)CC1. The first-order valence-corrected chi connectivity index (χ1v) is 19.0. The minimum Gasteiger partial charge on any atom is -0.203 e. The summed E-state index contributed by atoms with van der Waals surface area (Å²) < 4.78 is 60.9. The third kappa shape index (κ3) is 9.09. The predicted molar refractivity (Wildman–Crippen MR) is 189 cm³/mol. The molecule has 3 aromatic carbocycles. The van der Waals surface area contributed by atoms with E-state index in [-0.39, 0.29) is 17.0 Å². The van der Waals surface area contributed by atoms with E-state index in [0.717, 1.165) is 69.1 Å². The second-order valence-electron chi connectivity index (χ2n) is 14.7. The van der Waals surface area contributed by atoms with Crippen molar-refractivity contribution < 1.29 is 17.6 Å². The highest BCUT2D eigenvalue weighted by atomic mass is 19.2.